The number of methoxy groups -OCH3 is 1. The largest absolute Gasteiger partial charge is 0.453 e. The molecule has 1 aliphatic heterocycles. The van der Waals surface area contributed by atoms with Crippen LogP contribution < -0.4 is 10.6 Å². The van der Waals surface area contributed by atoms with Crippen molar-refractivity contribution in [2.24, 2.45) is 5.92 Å². The molecule has 2 rings (SSSR count). The van der Waals surface area contributed by atoms with E-state index in [4.69, 9.17) is 4.74 Å². The highest BCUT2D eigenvalue weighted by molar-refractivity contribution is 5.67. The van der Waals surface area contributed by atoms with Crippen LogP contribution in [0.2, 0.25) is 0 Å². The average molecular weight is 262 g/mol. The first-order chi connectivity index (χ1) is 9.22. The van der Waals surface area contributed by atoms with Gasteiger partial charge in [-0.25, -0.2) is 4.79 Å². The van der Waals surface area contributed by atoms with Crippen LogP contribution in [0.25, 0.3) is 0 Å². The Morgan fingerprint density at radius 2 is 2.05 bits per heavy atom. The van der Waals surface area contributed by atoms with Gasteiger partial charge in [0.05, 0.1) is 13.2 Å². The highest BCUT2D eigenvalue weighted by Gasteiger charge is 2.27. The van der Waals surface area contributed by atoms with Crippen LogP contribution >= 0.6 is 0 Å². The van der Waals surface area contributed by atoms with Crippen molar-refractivity contribution in [2.75, 3.05) is 20.2 Å². The highest BCUT2D eigenvalue weighted by Crippen LogP contribution is 2.30. The fourth-order valence-corrected chi connectivity index (χ4v) is 2.75. The molecule has 0 saturated carbocycles. The topological polar surface area (TPSA) is 50.4 Å². The van der Waals surface area contributed by atoms with Crippen LogP contribution in [-0.2, 0) is 4.74 Å². The van der Waals surface area contributed by atoms with E-state index in [1.165, 1.54) is 18.2 Å². The van der Waals surface area contributed by atoms with Crippen LogP contribution in [0.15, 0.2) is 24.3 Å². The lowest BCUT2D eigenvalue weighted by molar-refractivity contribution is 0.158. The zero-order valence-corrected chi connectivity index (χ0v) is 11.6. The van der Waals surface area contributed by atoms with E-state index in [9.17, 15) is 4.79 Å². The van der Waals surface area contributed by atoms with Crippen LogP contribution in [0.4, 0.5) is 4.79 Å². The minimum atomic E-state index is -0.355. The number of nitrogens with one attached hydrogen (secondary N) is 2. The monoisotopic (exact) mass is 262 g/mol. The molecule has 19 heavy (non-hydrogen) atoms. The normalized spacial score (nSPS) is 17.8. The van der Waals surface area contributed by atoms with E-state index in [1.54, 1.807) is 0 Å². The standard InChI is InChI=1S/C15H22N2O2/c1-11-5-3-4-6-13(11)14(17-15(18)19-2)12-7-9-16-10-8-12/h3-6,12,14,16H,7-10H2,1-2H3,(H,17,18). The molecular formula is C15H22N2O2. The molecule has 0 aliphatic carbocycles. The van der Waals surface area contributed by atoms with Gasteiger partial charge in [0.25, 0.3) is 0 Å². The third kappa shape index (κ3) is 3.47. The minimum Gasteiger partial charge on any atom is -0.453 e. The van der Waals surface area contributed by atoms with E-state index in [2.05, 4.69) is 29.7 Å². The van der Waals surface area contributed by atoms with E-state index in [0.29, 0.717) is 5.92 Å². The summed E-state index contributed by atoms with van der Waals surface area (Å²) in [4.78, 5) is 11.6. The highest BCUT2D eigenvalue weighted by atomic mass is 16.5. The quantitative estimate of drug-likeness (QED) is 0.879. The summed E-state index contributed by atoms with van der Waals surface area (Å²) in [6.07, 6.45) is 1.79. The Morgan fingerprint density at radius 1 is 1.37 bits per heavy atom. The third-order valence-corrected chi connectivity index (χ3v) is 3.84. The van der Waals surface area contributed by atoms with Gasteiger partial charge in [0.15, 0.2) is 0 Å². The number of piperidine rings is 1. The molecule has 1 fully saturated rings. The first kappa shape index (κ1) is 13.9. The summed E-state index contributed by atoms with van der Waals surface area (Å²) >= 11 is 0. The second kappa shape index (κ2) is 6.57. The average Bonchev–Trinajstić information content (AvgIpc) is 2.46. The molecule has 0 aromatic heterocycles. The predicted molar refractivity (Wildman–Crippen MR) is 75.1 cm³/mol. The third-order valence-electron chi connectivity index (χ3n) is 3.84. The summed E-state index contributed by atoms with van der Waals surface area (Å²) in [6.45, 7) is 4.11. The summed E-state index contributed by atoms with van der Waals surface area (Å²) in [5, 5.41) is 6.36. The number of ether oxygens (including phenoxy) is 1. The SMILES string of the molecule is COC(=O)NC(c1ccccc1C)C1CCNCC1. The Kier molecular flexibility index (Phi) is 4.80. The summed E-state index contributed by atoms with van der Waals surface area (Å²) in [5.74, 6) is 0.460. The van der Waals surface area contributed by atoms with Crippen LogP contribution in [0, 0.1) is 12.8 Å². The van der Waals surface area contributed by atoms with Crippen LogP contribution in [0.1, 0.15) is 30.0 Å². The first-order valence-electron chi connectivity index (χ1n) is 6.83. The maximum absolute atomic E-state index is 11.6. The molecule has 0 radical (unpaired) electrons. The number of hydrogen-bond acceptors (Lipinski definition) is 3. The van der Waals surface area contributed by atoms with Gasteiger partial charge in [-0.15, -0.1) is 0 Å². The maximum Gasteiger partial charge on any atom is 0.407 e. The van der Waals surface area contributed by atoms with Crippen LogP contribution in [-0.4, -0.2) is 26.3 Å². The van der Waals surface area contributed by atoms with Gasteiger partial charge < -0.3 is 15.4 Å². The number of hydrogen-bond donors (Lipinski definition) is 2. The van der Waals surface area contributed by atoms with Crippen molar-refractivity contribution >= 4 is 6.09 Å². The van der Waals surface area contributed by atoms with E-state index in [1.807, 2.05) is 12.1 Å². The molecule has 1 saturated heterocycles. The number of amides is 1. The number of carbonyl (C=O) groups excluding carboxylic acids is 1. The predicted octanol–water partition coefficient (Wildman–Crippen LogP) is 2.39. The number of alkyl carbamates (subject to hydrolysis) is 1. The molecule has 0 bridgehead atoms. The van der Waals surface area contributed by atoms with Crippen molar-refractivity contribution in [1.29, 1.82) is 0 Å². The Bertz CT molecular complexity index is 428. The Balaban J connectivity index is 2.22. The molecule has 4 nitrogen and oxygen atoms in total. The Labute approximate surface area is 114 Å². The lowest BCUT2D eigenvalue weighted by Gasteiger charge is -2.32. The molecule has 1 heterocycles. The van der Waals surface area contributed by atoms with Crippen molar-refractivity contribution in [3.8, 4) is 0 Å². The van der Waals surface area contributed by atoms with Crippen molar-refractivity contribution in [3.05, 3.63) is 35.4 Å². The Hall–Kier alpha value is -1.55. The van der Waals surface area contributed by atoms with Gasteiger partial charge >= 0.3 is 6.09 Å². The molecule has 104 valence electrons. The molecule has 4 heteroatoms. The smallest absolute Gasteiger partial charge is 0.407 e. The summed E-state index contributed by atoms with van der Waals surface area (Å²) in [6, 6.07) is 8.27. The van der Waals surface area contributed by atoms with E-state index in [-0.39, 0.29) is 12.1 Å². The molecule has 1 aliphatic rings. The van der Waals surface area contributed by atoms with E-state index >= 15 is 0 Å². The van der Waals surface area contributed by atoms with Gasteiger partial charge in [0, 0.05) is 0 Å². The molecule has 1 atom stereocenters. The van der Waals surface area contributed by atoms with E-state index in [0.717, 1.165) is 25.9 Å². The molecule has 2 N–H and O–H groups in total. The summed E-state index contributed by atoms with van der Waals surface area (Å²) in [7, 11) is 1.41. The molecular weight excluding hydrogens is 240 g/mol. The number of benzene rings is 1. The number of carbonyl (C=O) groups is 1. The minimum absolute atomic E-state index is 0.0377. The number of rotatable bonds is 3. The zero-order valence-electron chi connectivity index (χ0n) is 11.6. The fraction of sp³-hybridized carbons (Fsp3) is 0.533. The van der Waals surface area contributed by atoms with Crippen molar-refractivity contribution in [2.45, 2.75) is 25.8 Å². The van der Waals surface area contributed by atoms with Crippen molar-refractivity contribution in [1.82, 2.24) is 10.6 Å². The Morgan fingerprint density at radius 3 is 2.68 bits per heavy atom. The van der Waals surface area contributed by atoms with Crippen molar-refractivity contribution in [3.63, 3.8) is 0 Å². The second-order valence-electron chi connectivity index (χ2n) is 5.06. The van der Waals surface area contributed by atoms with Gasteiger partial charge in [-0.2, -0.15) is 0 Å². The van der Waals surface area contributed by atoms with Gasteiger partial charge in [0.2, 0.25) is 0 Å². The van der Waals surface area contributed by atoms with Gasteiger partial charge in [0.1, 0.15) is 0 Å². The summed E-state index contributed by atoms with van der Waals surface area (Å²) < 4.78 is 4.77. The molecule has 1 aromatic rings. The van der Waals surface area contributed by atoms with Crippen molar-refractivity contribution < 1.29 is 9.53 Å². The van der Waals surface area contributed by atoms with Gasteiger partial charge in [-0.1, -0.05) is 24.3 Å². The van der Waals surface area contributed by atoms with Crippen LogP contribution in [0.3, 0.4) is 0 Å². The van der Waals surface area contributed by atoms with Gasteiger partial charge in [-0.05, 0) is 49.9 Å². The first-order valence-corrected chi connectivity index (χ1v) is 6.83. The summed E-state index contributed by atoms with van der Waals surface area (Å²) in [5.41, 5.74) is 2.40. The second-order valence-corrected chi connectivity index (χ2v) is 5.06. The molecule has 0 spiro atoms. The lowest BCUT2D eigenvalue weighted by atomic mass is 9.84. The zero-order chi connectivity index (χ0) is 13.7. The molecule has 1 unspecified atom stereocenters. The maximum atomic E-state index is 11.6. The molecule has 1 amide bonds. The van der Waals surface area contributed by atoms with Crippen LogP contribution in [0.5, 0.6) is 0 Å². The van der Waals surface area contributed by atoms with E-state index < -0.39 is 0 Å². The lowest BCUT2D eigenvalue weighted by Crippen LogP contribution is -2.39. The fourth-order valence-electron chi connectivity index (χ4n) is 2.75. The van der Waals surface area contributed by atoms with Gasteiger partial charge in [-0.3, -0.25) is 0 Å². The number of aryl methyl sites for hydroxylation is 1. The molecule has 1 aromatic carbocycles.